The summed E-state index contributed by atoms with van der Waals surface area (Å²) >= 11 is 6.77. The molecule has 0 unspecified atom stereocenters. The SMILES string of the molecule is CC(C)CC(=O)NC(=S)Nc1sc2c(c1C(N)=O)CC[C@H](C(C)(C)C)C2. The van der Waals surface area contributed by atoms with E-state index in [-0.39, 0.29) is 22.4 Å². The molecule has 1 aromatic rings. The predicted molar refractivity (Wildman–Crippen MR) is 112 cm³/mol. The van der Waals surface area contributed by atoms with Crippen LogP contribution in [0.15, 0.2) is 0 Å². The predicted octanol–water partition coefficient (Wildman–Crippen LogP) is 3.86. The van der Waals surface area contributed by atoms with Gasteiger partial charge in [-0.1, -0.05) is 34.6 Å². The number of hydrogen-bond donors (Lipinski definition) is 3. The number of carbonyl (C=O) groups is 2. The highest BCUT2D eigenvalue weighted by atomic mass is 32.1. The lowest BCUT2D eigenvalue weighted by atomic mass is 9.72. The Bertz CT molecular complexity index is 717. The Labute approximate surface area is 165 Å². The average Bonchev–Trinajstić information content (AvgIpc) is 2.81. The van der Waals surface area contributed by atoms with Gasteiger partial charge in [0.1, 0.15) is 5.00 Å². The second-order valence-electron chi connectivity index (χ2n) is 8.48. The third kappa shape index (κ3) is 5.04. The lowest BCUT2D eigenvalue weighted by molar-refractivity contribution is -0.120. The maximum atomic E-state index is 12.0. The molecule has 1 heterocycles. The molecule has 26 heavy (non-hydrogen) atoms. The highest BCUT2D eigenvalue weighted by Gasteiger charge is 2.33. The van der Waals surface area contributed by atoms with Gasteiger partial charge in [-0.2, -0.15) is 0 Å². The van der Waals surface area contributed by atoms with Crippen LogP contribution in [0.5, 0.6) is 0 Å². The molecular weight excluding hydrogens is 366 g/mol. The van der Waals surface area contributed by atoms with E-state index in [1.807, 2.05) is 13.8 Å². The van der Waals surface area contributed by atoms with E-state index in [4.69, 9.17) is 18.0 Å². The number of hydrogen-bond acceptors (Lipinski definition) is 4. The third-order valence-electron chi connectivity index (χ3n) is 4.81. The molecule has 5 nitrogen and oxygen atoms in total. The number of carbonyl (C=O) groups excluding carboxylic acids is 2. The van der Waals surface area contributed by atoms with Gasteiger partial charge in [0.15, 0.2) is 5.11 Å². The normalized spacial score (nSPS) is 16.9. The molecule has 1 aliphatic carbocycles. The molecule has 0 bridgehead atoms. The molecule has 4 N–H and O–H groups in total. The van der Waals surface area contributed by atoms with Crippen LogP contribution in [0.2, 0.25) is 0 Å². The van der Waals surface area contributed by atoms with E-state index < -0.39 is 5.91 Å². The smallest absolute Gasteiger partial charge is 0.251 e. The van der Waals surface area contributed by atoms with Gasteiger partial charge in [-0.25, -0.2) is 0 Å². The van der Waals surface area contributed by atoms with Gasteiger partial charge in [-0.05, 0) is 54.3 Å². The number of thiophene rings is 1. The fourth-order valence-electron chi connectivity index (χ4n) is 3.36. The first-order valence-electron chi connectivity index (χ1n) is 9.04. The zero-order valence-corrected chi connectivity index (χ0v) is 17.8. The number of rotatable bonds is 4. The Morgan fingerprint density at radius 1 is 1.35 bits per heavy atom. The van der Waals surface area contributed by atoms with Crippen molar-refractivity contribution >= 4 is 45.5 Å². The van der Waals surface area contributed by atoms with Crippen molar-refractivity contribution in [1.29, 1.82) is 0 Å². The van der Waals surface area contributed by atoms with Gasteiger partial charge < -0.3 is 16.4 Å². The van der Waals surface area contributed by atoms with Crippen LogP contribution >= 0.6 is 23.6 Å². The number of amides is 2. The molecule has 0 fully saturated rings. The summed E-state index contributed by atoms with van der Waals surface area (Å²) in [5.41, 5.74) is 7.44. The zero-order chi connectivity index (χ0) is 19.6. The van der Waals surface area contributed by atoms with Crippen molar-refractivity contribution in [2.45, 2.75) is 60.3 Å². The first-order valence-corrected chi connectivity index (χ1v) is 10.3. The van der Waals surface area contributed by atoms with Gasteiger partial charge in [0.05, 0.1) is 5.56 Å². The van der Waals surface area contributed by atoms with Gasteiger partial charge >= 0.3 is 0 Å². The van der Waals surface area contributed by atoms with Crippen molar-refractivity contribution < 1.29 is 9.59 Å². The fraction of sp³-hybridized carbons (Fsp3) is 0.632. The second-order valence-corrected chi connectivity index (χ2v) is 9.99. The van der Waals surface area contributed by atoms with Crippen LogP contribution in [-0.2, 0) is 17.6 Å². The molecule has 2 amide bonds. The Balaban J connectivity index is 2.19. The van der Waals surface area contributed by atoms with E-state index in [2.05, 4.69) is 31.4 Å². The molecular formula is C19H29N3O2S2. The van der Waals surface area contributed by atoms with Crippen molar-refractivity contribution in [3.63, 3.8) is 0 Å². The molecule has 0 spiro atoms. The largest absolute Gasteiger partial charge is 0.365 e. The van der Waals surface area contributed by atoms with E-state index in [1.165, 1.54) is 16.2 Å². The van der Waals surface area contributed by atoms with Gasteiger partial charge in [-0.3, -0.25) is 9.59 Å². The summed E-state index contributed by atoms with van der Waals surface area (Å²) in [6, 6.07) is 0. The monoisotopic (exact) mass is 395 g/mol. The molecule has 144 valence electrons. The summed E-state index contributed by atoms with van der Waals surface area (Å²) in [5, 5.41) is 6.56. The van der Waals surface area contributed by atoms with E-state index in [0.29, 0.717) is 22.9 Å². The summed E-state index contributed by atoms with van der Waals surface area (Å²) in [5.74, 6) is 0.241. The highest BCUT2D eigenvalue weighted by molar-refractivity contribution is 7.80. The Kier molecular flexibility index (Phi) is 6.45. The molecule has 1 atom stereocenters. The number of nitrogens with one attached hydrogen (secondary N) is 2. The van der Waals surface area contributed by atoms with Crippen LogP contribution < -0.4 is 16.4 Å². The van der Waals surface area contributed by atoms with Gasteiger partial charge in [0.2, 0.25) is 5.91 Å². The molecule has 0 saturated heterocycles. The Morgan fingerprint density at radius 2 is 2.00 bits per heavy atom. The zero-order valence-electron chi connectivity index (χ0n) is 16.2. The first kappa shape index (κ1) is 20.8. The van der Waals surface area contributed by atoms with Gasteiger partial charge in [-0.15, -0.1) is 11.3 Å². The van der Waals surface area contributed by atoms with E-state index >= 15 is 0 Å². The van der Waals surface area contributed by atoms with Crippen molar-refractivity contribution in [1.82, 2.24) is 5.32 Å². The maximum Gasteiger partial charge on any atom is 0.251 e. The minimum Gasteiger partial charge on any atom is -0.365 e. The van der Waals surface area contributed by atoms with Crippen LogP contribution in [-0.4, -0.2) is 16.9 Å². The van der Waals surface area contributed by atoms with Gasteiger partial charge in [0.25, 0.3) is 5.91 Å². The van der Waals surface area contributed by atoms with Crippen LogP contribution in [0.1, 0.15) is 68.3 Å². The Hall–Kier alpha value is -1.47. The molecule has 0 aromatic carbocycles. The average molecular weight is 396 g/mol. The third-order valence-corrected chi connectivity index (χ3v) is 6.18. The number of thiocarbonyl (C=S) groups is 1. The van der Waals surface area contributed by atoms with Crippen LogP contribution in [0, 0.1) is 17.3 Å². The summed E-state index contributed by atoms with van der Waals surface area (Å²) in [4.78, 5) is 25.1. The second kappa shape index (κ2) is 8.05. The maximum absolute atomic E-state index is 12.0. The number of primary amides is 1. The topological polar surface area (TPSA) is 84.2 Å². The van der Waals surface area contributed by atoms with Crippen molar-refractivity contribution in [2.75, 3.05) is 5.32 Å². The molecule has 0 saturated carbocycles. The lowest BCUT2D eigenvalue weighted by Gasteiger charge is -2.33. The Morgan fingerprint density at radius 3 is 2.54 bits per heavy atom. The first-order chi connectivity index (χ1) is 12.0. The minimum atomic E-state index is -0.449. The van der Waals surface area contributed by atoms with E-state index in [0.717, 1.165) is 24.8 Å². The van der Waals surface area contributed by atoms with Crippen LogP contribution in [0.25, 0.3) is 0 Å². The highest BCUT2D eigenvalue weighted by Crippen LogP contribution is 2.44. The van der Waals surface area contributed by atoms with Crippen LogP contribution in [0.4, 0.5) is 5.00 Å². The summed E-state index contributed by atoms with van der Waals surface area (Å²) in [6.07, 6.45) is 3.24. The quantitative estimate of drug-likeness (QED) is 0.676. The standard InChI is InChI=1S/C19H29N3O2S2/c1-10(2)8-14(23)21-18(25)22-17-15(16(20)24)12-7-6-11(19(3,4)5)9-13(12)26-17/h10-11H,6-9H2,1-5H3,(H2,20,24)(H2,21,22,23,25)/t11-/m0/s1. The fourth-order valence-corrected chi connectivity index (χ4v) is 4.97. The summed E-state index contributed by atoms with van der Waals surface area (Å²) < 4.78 is 0. The number of anilines is 1. The lowest BCUT2D eigenvalue weighted by Crippen LogP contribution is -2.35. The van der Waals surface area contributed by atoms with Crippen molar-refractivity contribution in [3.8, 4) is 0 Å². The molecule has 0 radical (unpaired) electrons. The molecule has 1 aliphatic rings. The molecule has 0 aliphatic heterocycles. The molecule has 1 aromatic heterocycles. The van der Waals surface area contributed by atoms with Crippen molar-refractivity contribution in [3.05, 3.63) is 16.0 Å². The minimum absolute atomic E-state index is 0.132. The van der Waals surface area contributed by atoms with Crippen LogP contribution in [0.3, 0.4) is 0 Å². The van der Waals surface area contributed by atoms with Gasteiger partial charge in [0, 0.05) is 11.3 Å². The summed E-state index contributed by atoms with van der Waals surface area (Å²) in [6.45, 7) is 10.7. The number of nitrogens with two attached hydrogens (primary N) is 1. The summed E-state index contributed by atoms with van der Waals surface area (Å²) in [7, 11) is 0. The van der Waals surface area contributed by atoms with E-state index in [9.17, 15) is 9.59 Å². The van der Waals surface area contributed by atoms with Crippen molar-refractivity contribution in [2.24, 2.45) is 23.0 Å². The number of fused-ring (bicyclic) bond motifs is 1. The van der Waals surface area contributed by atoms with E-state index in [1.54, 1.807) is 0 Å². The molecule has 7 heteroatoms. The molecule has 2 rings (SSSR count).